The highest BCUT2D eigenvalue weighted by molar-refractivity contribution is 5.52. The number of anilines is 1. The van der Waals surface area contributed by atoms with Crippen LogP contribution in [0, 0.1) is 16.0 Å². The van der Waals surface area contributed by atoms with Crippen molar-refractivity contribution in [1.82, 2.24) is 20.1 Å². The topological polar surface area (TPSA) is 120 Å². The molecule has 0 aliphatic carbocycles. The van der Waals surface area contributed by atoms with E-state index in [9.17, 15) is 10.1 Å². The Bertz CT molecular complexity index is 848. The predicted octanol–water partition coefficient (Wildman–Crippen LogP) is 3.24. The Morgan fingerprint density at radius 2 is 2.08 bits per heavy atom. The van der Waals surface area contributed by atoms with Crippen molar-refractivity contribution >= 4 is 11.5 Å². The lowest BCUT2D eigenvalue weighted by Gasteiger charge is -2.18. The monoisotopic (exact) mass is 340 g/mol. The van der Waals surface area contributed by atoms with Gasteiger partial charge in [-0.2, -0.15) is 4.98 Å². The number of nitrogens with one attached hydrogen (secondary N) is 1. The van der Waals surface area contributed by atoms with Crippen LogP contribution < -0.4 is 5.32 Å². The molecule has 3 heterocycles. The van der Waals surface area contributed by atoms with E-state index in [0.29, 0.717) is 17.5 Å². The maximum atomic E-state index is 10.7. The van der Waals surface area contributed by atoms with E-state index in [-0.39, 0.29) is 17.6 Å². The van der Waals surface area contributed by atoms with Gasteiger partial charge < -0.3 is 9.84 Å². The molecule has 128 valence electrons. The lowest BCUT2D eigenvalue weighted by Crippen LogP contribution is -2.18. The van der Waals surface area contributed by atoms with Crippen molar-refractivity contribution in [3.8, 4) is 11.4 Å². The molecule has 3 aromatic rings. The molecule has 0 radical (unpaired) electrons. The standard InChI is InChI=1S/C16H16N6O3/c1-10(2)14(19-13-6-5-12(9-18-13)22(23)24)16-20-15(21-25-16)11-4-3-7-17-8-11/h3-10,14H,1-2H3,(H,18,19). The summed E-state index contributed by atoms with van der Waals surface area (Å²) >= 11 is 0. The van der Waals surface area contributed by atoms with Gasteiger partial charge >= 0.3 is 0 Å². The number of nitro groups is 1. The summed E-state index contributed by atoms with van der Waals surface area (Å²) in [6.07, 6.45) is 4.53. The van der Waals surface area contributed by atoms with Crippen LogP contribution in [0.5, 0.6) is 0 Å². The molecule has 0 fully saturated rings. The first-order valence-corrected chi connectivity index (χ1v) is 7.65. The van der Waals surface area contributed by atoms with Gasteiger partial charge in [0.1, 0.15) is 18.1 Å². The van der Waals surface area contributed by atoms with Crippen molar-refractivity contribution < 1.29 is 9.45 Å². The molecule has 1 atom stereocenters. The van der Waals surface area contributed by atoms with Crippen molar-refractivity contribution in [1.29, 1.82) is 0 Å². The lowest BCUT2D eigenvalue weighted by molar-refractivity contribution is -0.385. The Balaban J connectivity index is 1.82. The van der Waals surface area contributed by atoms with Crippen LogP contribution in [-0.2, 0) is 0 Å². The average molecular weight is 340 g/mol. The largest absolute Gasteiger partial charge is 0.358 e. The molecule has 9 heteroatoms. The van der Waals surface area contributed by atoms with Gasteiger partial charge in [0.25, 0.3) is 5.69 Å². The molecule has 1 unspecified atom stereocenters. The molecule has 9 nitrogen and oxygen atoms in total. The third-order valence-electron chi connectivity index (χ3n) is 3.56. The van der Waals surface area contributed by atoms with Crippen LogP contribution >= 0.6 is 0 Å². The van der Waals surface area contributed by atoms with Crippen LogP contribution in [0.2, 0.25) is 0 Å². The molecule has 3 aromatic heterocycles. The number of hydrogen-bond acceptors (Lipinski definition) is 8. The van der Waals surface area contributed by atoms with Gasteiger partial charge in [-0.25, -0.2) is 4.98 Å². The summed E-state index contributed by atoms with van der Waals surface area (Å²) in [6.45, 7) is 3.99. The second-order valence-corrected chi connectivity index (χ2v) is 5.72. The summed E-state index contributed by atoms with van der Waals surface area (Å²) in [7, 11) is 0. The van der Waals surface area contributed by atoms with E-state index >= 15 is 0 Å². The maximum Gasteiger partial charge on any atom is 0.287 e. The molecular weight excluding hydrogens is 324 g/mol. The lowest BCUT2D eigenvalue weighted by atomic mass is 10.0. The summed E-state index contributed by atoms with van der Waals surface area (Å²) in [6, 6.07) is 6.29. The minimum Gasteiger partial charge on any atom is -0.358 e. The zero-order chi connectivity index (χ0) is 17.8. The molecule has 0 amide bonds. The van der Waals surface area contributed by atoms with E-state index in [4.69, 9.17) is 4.52 Å². The number of nitrogens with zero attached hydrogens (tertiary/aromatic N) is 5. The smallest absolute Gasteiger partial charge is 0.287 e. The molecule has 0 aliphatic heterocycles. The Morgan fingerprint density at radius 3 is 2.68 bits per heavy atom. The van der Waals surface area contributed by atoms with Gasteiger partial charge in [-0.3, -0.25) is 15.1 Å². The van der Waals surface area contributed by atoms with Gasteiger partial charge in [-0.1, -0.05) is 19.0 Å². The van der Waals surface area contributed by atoms with E-state index in [1.54, 1.807) is 24.5 Å². The fraction of sp³-hybridized carbons (Fsp3) is 0.250. The summed E-state index contributed by atoms with van der Waals surface area (Å²) in [5.74, 6) is 1.48. The third kappa shape index (κ3) is 3.77. The zero-order valence-corrected chi connectivity index (χ0v) is 13.7. The summed E-state index contributed by atoms with van der Waals surface area (Å²) in [5.41, 5.74) is 0.691. The summed E-state index contributed by atoms with van der Waals surface area (Å²) < 4.78 is 5.39. The predicted molar refractivity (Wildman–Crippen MR) is 89.6 cm³/mol. The molecule has 0 saturated heterocycles. The second-order valence-electron chi connectivity index (χ2n) is 5.72. The van der Waals surface area contributed by atoms with Gasteiger partial charge in [0.15, 0.2) is 0 Å². The zero-order valence-electron chi connectivity index (χ0n) is 13.7. The van der Waals surface area contributed by atoms with Crippen LogP contribution in [0.4, 0.5) is 11.5 Å². The Labute approximate surface area is 143 Å². The minimum absolute atomic E-state index is 0.0664. The fourth-order valence-corrected chi connectivity index (χ4v) is 2.23. The minimum atomic E-state index is -0.491. The first-order chi connectivity index (χ1) is 12.0. The Morgan fingerprint density at radius 1 is 1.24 bits per heavy atom. The third-order valence-corrected chi connectivity index (χ3v) is 3.56. The van der Waals surface area contributed by atoms with Gasteiger partial charge in [0, 0.05) is 24.0 Å². The van der Waals surface area contributed by atoms with E-state index in [1.807, 2.05) is 19.9 Å². The maximum absolute atomic E-state index is 10.7. The Kier molecular flexibility index (Phi) is 4.64. The first kappa shape index (κ1) is 16.5. The quantitative estimate of drug-likeness (QED) is 0.536. The van der Waals surface area contributed by atoms with Crippen LogP contribution in [0.1, 0.15) is 25.8 Å². The molecule has 25 heavy (non-hydrogen) atoms. The van der Waals surface area contributed by atoms with Gasteiger partial charge in [-0.15, -0.1) is 0 Å². The summed E-state index contributed by atoms with van der Waals surface area (Å²) in [5, 5.41) is 17.9. The van der Waals surface area contributed by atoms with Crippen molar-refractivity contribution in [3.63, 3.8) is 0 Å². The first-order valence-electron chi connectivity index (χ1n) is 7.65. The van der Waals surface area contributed by atoms with Gasteiger partial charge in [0.05, 0.1) is 4.92 Å². The average Bonchev–Trinajstić information content (AvgIpc) is 3.10. The normalized spacial score (nSPS) is 12.1. The highest BCUT2D eigenvalue weighted by Crippen LogP contribution is 2.27. The number of aromatic nitrogens is 4. The molecule has 0 aliphatic rings. The second kappa shape index (κ2) is 7.04. The van der Waals surface area contributed by atoms with Crippen molar-refractivity contribution in [2.24, 2.45) is 5.92 Å². The number of pyridine rings is 2. The Hall–Kier alpha value is -3.36. The molecule has 0 spiro atoms. The van der Waals surface area contributed by atoms with Gasteiger partial charge in [-0.05, 0) is 24.1 Å². The van der Waals surface area contributed by atoms with Crippen LogP contribution in [-0.4, -0.2) is 25.0 Å². The van der Waals surface area contributed by atoms with Crippen LogP contribution in [0.25, 0.3) is 11.4 Å². The van der Waals surface area contributed by atoms with Gasteiger partial charge in [0.2, 0.25) is 11.7 Å². The van der Waals surface area contributed by atoms with Crippen molar-refractivity contribution in [2.75, 3.05) is 5.32 Å². The fourth-order valence-electron chi connectivity index (χ4n) is 2.23. The molecule has 0 bridgehead atoms. The highest BCUT2D eigenvalue weighted by Gasteiger charge is 2.23. The summed E-state index contributed by atoms with van der Waals surface area (Å²) in [4.78, 5) is 22.7. The van der Waals surface area contributed by atoms with Crippen molar-refractivity contribution in [2.45, 2.75) is 19.9 Å². The van der Waals surface area contributed by atoms with E-state index < -0.39 is 4.92 Å². The molecule has 3 rings (SSSR count). The highest BCUT2D eigenvalue weighted by atomic mass is 16.6. The van der Waals surface area contributed by atoms with E-state index in [0.717, 1.165) is 5.56 Å². The number of rotatable bonds is 6. The van der Waals surface area contributed by atoms with E-state index in [1.165, 1.54) is 12.3 Å². The van der Waals surface area contributed by atoms with E-state index in [2.05, 4.69) is 25.4 Å². The SMILES string of the molecule is CC(C)C(Nc1ccc([N+](=O)[O-])cn1)c1nc(-c2cccnc2)no1. The van der Waals surface area contributed by atoms with Crippen LogP contribution in [0.3, 0.4) is 0 Å². The molecule has 0 saturated carbocycles. The number of hydrogen-bond donors (Lipinski definition) is 1. The molecule has 1 N–H and O–H groups in total. The molecule has 0 aromatic carbocycles. The van der Waals surface area contributed by atoms with Crippen molar-refractivity contribution in [3.05, 3.63) is 58.9 Å². The molecular formula is C16H16N6O3. The van der Waals surface area contributed by atoms with Crippen LogP contribution in [0.15, 0.2) is 47.4 Å².